The second kappa shape index (κ2) is 4.99. The molecule has 1 aliphatic rings. The van der Waals surface area contributed by atoms with Gasteiger partial charge in [0.05, 0.1) is 18.2 Å². The van der Waals surface area contributed by atoms with Crippen LogP contribution in [0.15, 0.2) is 12.4 Å². The summed E-state index contributed by atoms with van der Waals surface area (Å²) in [5, 5.41) is 15.2. The lowest BCUT2D eigenvalue weighted by atomic mass is 9.98. The Hall–Kier alpha value is -1.85. The maximum atomic E-state index is 12.1. The molecule has 92 valence electrons. The third-order valence-electron chi connectivity index (χ3n) is 3.04. The SMILES string of the molecule is O=C(O)CC1CCCCN1C(=O)c1cn[nH]c1. The van der Waals surface area contributed by atoms with Crippen LogP contribution in [0.25, 0.3) is 0 Å². The van der Waals surface area contributed by atoms with Crippen molar-refractivity contribution in [2.75, 3.05) is 6.54 Å². The van der Waals surface area contributed by atoms with E-state index in [1.165, 1.54) is 12.4 Å². The molecule has 0 bridgehead atoms. The summed E-state index contributed by atoms with van der Waals surface area (Å²) in [6.45, 7) is 0.627. The van der Waals surface area contributed by atoms with Gasteiger partial charge in [0, 0.05) is 18.8 Å². The van der Waals surface area contributed by atoms with Crippen molar-refractivity contribution in [1.82, 2.24) is 15.1 Å². The van der Waals surface area contributed by atoms with Crippen molar-refractivity contribution in [2.24, 2.45) is 0 Å². The fraction of sp³-hybridized carbons (Fsp3) is 0.545. The summed E-state index contributed by atoms with van der Waals surface area (Å²) in [6, 6.07) is -0.191. The molecular formula is C11H15N3O3. The summed E-state index contributed by atoms with van der Waals surface area (Å²) in [4.78, 5) is 24.5. The van der Waals surface area contributed by atoms with E-state index in [2.05, 4.69) is 10.2 Å². The van der Waals surface area contributed by atoms with Gasteiger partial charge >= 0.3 is 5.97 Å². The number of nitrogens with zero attached hydrogens (tertiary/aromatic N) is 2. The van der Waals surface area contributed by atoms with E-state index >= 15 is 0 Å². The fourth-order valence-corrected chi connectivity index (χ4v) is 2.22. The normalized spacial score (nSPS) is 20.2. The molecular weight excluding hydrogens is 222 g/mol. The molecule has 0 aliphatic carbocycles. The predicted octanol–water partition coefficient (Wildman–Crippen LogP) is 0.879. The Morgan fingerprint density at radius 1 is 1.53 bits per heavy atom. The van der Waals surface area contributed by atoms with Gasteiger partial charge in [-0.2, -0.15) is 5.10 Å². The number of hydrogen-bond donors (Lipinski definition) is 2. The number of likely N-dealkylation sites (tertiary alicyclic amines) is 1. The van der Waals surface area contributed by atoms with Crippen molar-refractivity contribution in [3.63, 3.8) is 0 Å². The number of H-pyrrole nitrogens is 1. The Bertz CT molecular complexity index is 402. The van der Waals surface area contributed by atoms with Crippen LogP contribution >= 0.6 is 0 Å². The monoisotopic (exact) mass is 237 g/mol. The largest absolute Gasteiger partial charge is 0.481 e. The number of amides is 1. The highest BCUT2D eigenvalue weighted by atomic mass is 16.4. The quantitative estimate of drug-likeness (QED) is 0.817. The number of carboxylic acids is 1. The highest BCUT2D eigenvalue weighted by molar-refractivity contribution is 5.94. The van der Waals surface area contributed by atoms with Gasteiger partial charge in [0.2, 0.25) is 0 Å². The molecule has 1 saturated heterocycles. The van der Waals surface area contributed by atoms with Crippen molar-refractivity contribution in [2.45, 2.75) is 31.7 Å². The molecule has 0 radical (unpaired) electrons. The Morgan fingerprint density at radius 3 is 3.00 bits per heavy atom. The van der Waals surface area contributed by atoms with Crippen LogP contribution in [-0.2, 0) is 4.79 Å². The Morgan fingerprint density at radius 2 is 2.35 bits per heavy atom. The number of aromatic nitrogens is 2. The van der Waals surface area contributed by atoms with Crippen LogP contribution in [-0.4, -0.2) is 44.7 Å². The van der Waals surface area contributed by atoms with Gasteiger partial charge in [-0.3, -0.25) is 14.7 Å². The molecule has 2 heterocycles. The Balaban J connectivity index is 2.10. The first-order chi connectivity index (χ1) is 8.18. The van der Waals surface area contributed by atoms with Crippen LogP contribution < -0.4 is 0 Å². The lowest BCUT2D eigenvalue weighted by Crippen LogP contribution is -2.44. The number of rotatable bonds is 3. The second-order valence-corrected chi connectivity index (χ2v) is 4.23. The van der Waals surface area contributed by atoms with E-state index in [9.17, 15) is 9.59 Å². The third-order valence-corrected chi connectivity index (χ3v) is 3.04. The molecule has 1 fully saturated rings. The van der Waals surface area contributed by atoms with E-state index in [-0.39, 0.29) is 18.4 Å². The van der Waals surface area contributed by atoms with Crippen molar-refractivity contribution in [1.29, 1.82) is 0 Å². The molecule has 1 atom stereocenters. The van der Waals surface area contributed by atoms with E-state index in [4.69, 9.17) is 5.11 Å². The fourth-order valence-electron chi connectivity index (χ4n) is 2.22. The van der Waals surface area contributed by atoms with Crippen LogP contribution in [0.1, 0.15) is 36.0 Å². The average molecular weight is 237 g/mol. The van der Waals surface area contributed by atoms with E-state index in [0.29, 0.717) is 12.1 Å². The smallest absolute Gasteiger partial charge is 0.305 e. The molecule has 6 nitrogen and oxygen atoms in total. The molecule has 2 rings (SSSR count). The molecule has 17 heavy (non-hydrogen) atoms. The van der Waals surface area contributed by atoms with Crippen LogP contribution in [0.5, 0.6) is 0 Å². The minimum Gasteiger partial charge on any atom is -0.481 e. The number of hydrogen-bond acceptors (Lipinski definition) is 3. The van der Waals surface area contributed by atoms with Crippen LogP contribution in [0, 0.1) is 0 Å². The molecule has 0 aromatic carbocycles. The summed E-state index contributed by atoms with van der Waals surface area (Å²) in [7, 11) is 0. The number of carbonyl (C=O) groups excluding carboxylic acids is 1. The molecule has 1 aromatic heterocycles. The lowest BCUT2D eigenvalue weighted by Gasteiger charge is -2.34. The van der Waals surface area contributed by atoms with Crippen molar-refractivity contribution < 1.29 is 14.7 Å². The van der Waals surface area contributed by atoms with Gasteiger partial charge in [-0.25, -0.2) is 0 Å². The van der Waals surface area contributed by atoms with Crippen molar-refractivity contribution in [3.8, 4) is 0 Å². The van der Waals surface area contributed by atoms with E-state index in [0.717, 1.165) is 19.3 Å². The zero-order chi connectivity index (χ0) is 12.3. The molecule has 1 unspecified atom stereocenters. The highest BCUT2D eigenvalue weighted by Crippen LogP contribution is 2.21. The van der Waals surface area contributed by atoms with E-state index in [1.54, 1.807) is 4.90 Å². The molecule has 1 amide bonds. The third kappa shape index (κ3) is 2.64. The first kappa shape index (κ1) is 11.6. The first-order valence-corrected chi connectivity index (χ1v) is 5.70. The maximum Gasteiger partial charge on any atom is 0.305 e. The first-order valence-electron chi connectivity index (χ1n) is 5.70. The van der Waals surface area contributed by atoms with Crippen molar-refractivity contribution >= 4 is 11.9 Å². The van der Waals surface area contributed by atoms with Crippen LogP contribution in [0.2, 0.25) is 0 Å². The summed E-state index contributed by atoms with van der Waals surface area (Å²) in [5.74, 6) is -0.994. The Kier molecular flexibility index (Phi) is 3.41. The number of aliphatic carboxylic acids is 1. The summed E-state index contributed by atoms with van der Waals surface area (Å²) < 4.78 is 0. The second-order valence-electron chi connectivity index (χ2n) is 4.23. The number of carboxylic acid groups (broad SMARTS) is 1. The minimum absolute atomic E-state index is 0.0175. The van der Waals surface area contributed by atoms with Gasteiger partial charge in [0.1, 0.15) is 0 Å². The van der Waals surface area contributed by atoms with E-state index < -0.39 is 5.97 Å². The molecule has 1 aliphatic heterocycles. The molecule has 2 N–H and O–H groups in total. The summed E-state index contributed by atoms with van der Waals surface area (Å²) in [6.07, 6.45) is 5.69. The van der Waals surface area contributed by atoms with Gasteiger partial charge in [0.25, 0.3) is 5.91 Å². The molecule has 0 saturated carbocycles. The predicted molar refractivity (Wildman–Crippen MR) is 59.5 cm³/mol. The number of nitrogens with one attached hydrogen (secondary N) is 1. The zero-order valence-corrected chi connectivity index (χ0v) is 9.43. The summed E-state index contributed by atoms with van der Waals surface area (Å²) in [5.41, 5.74) is 0.488. The van der Waals surface area contributed by atoms with E-state index in [1.807, 2.05) is 0 Å². The standard InChI is InChI=1S/C11H15N3O3/c15-10(16)5-9-3-1-2-4-14(9)11(17)8-6-12-13-7-8/h6-7,9H,1-5H2,(H,12,13)(H,15,16). The average Bonchev–Trinajstić information content (AvgIpc) is 2.81. The molecule has 6 heteroatoms. The summed E-state index contributed by atoms with van der Waals surface area (Å²) >= 11 is 0. The minimum atomic E-state index is -0.859. The maximum absolute atomic E-state index is 12.1. The topological polar surface area (TPSA) is 86.3 Å². The highest BCUT2D eigenvalue weighted by Gasteiger charge is 2.29. The van der Waals surface area contributed by atoms with Gasteiger partial charge in [0.15, 0.2) is 0 Å². The van der Waals surface area contributed by atoms with Gasteiger partial charge in [-0.05, 0) is 19.3 Å². The molecule has 1 aromatic rings. The number of carbonyl (C=O) groups is 2. The van der Waals surface area contributed by atoms with Gasteiger partial charge in [-0.15, -0.1) is 0 Å². The van der Waals surface area contributed by atoms with Gasteiger partial charge < -0.3 is 10.0 Å². The number of aromatic amines is 1. The van der Waals surface area contributed by atoms with Crippen LogP contribution in [0.3, 0.4) is 0 Å². The molecule has 0 spiro atoms. The van der Waals surface area contributed by atoms with Crippen molar-refractivity contribution in [3.05, 3.63) is 18.0 Å². The zero-order valence-electron chi connectivity index (χ0n) is 9.43. The lowest BCUT2D eigenvalue weighted by molar-refractivity contribution is -0.138. The number of piperidine rings is 1. The van der Waals surface area contributed by atoms with Crippen LogP contribution in [0.4, 0.5) is 0 Å². The van der Waals surface area contributed by atoms with Gasteiger partial charge in [-0.1, -0.05) is 0 Å². The Labute approximate surface area is 98.6 Å².